The number of carbonyl (C=O) groups is 1. The van der Waals surface area contributed by atoms with Crippen LogP contribution in [0.4, 0.5) is 0 Å². The van der Waals surface area contributed by atoms with Crippen LogP contribution in [0.15, 0.2) is 103 Å². The van der Waals surface area contributed by atoms with E-state index in [1.54, 1.807) is 0 Å². The highest BCUT2D eigenvalue weighted by Gasteiger charge is 2.16. The Kier molecular flexibility index (Phi) is 5.96. The molecule has 0 unspecified atom stereocenters. The van der Waals surface area contributed by atoms with Gasteiger partial charge in [-0.3, -0.25) is 0 Å². The fourth-order valence-corrected chi connectivity index (χ4v) is 4.17. The number of fused-ring (bicyclic) bond motifs is 1. The zero-order chi connectivity index (χ0) is 24.4. The molecular formula is C31H28N2O2. The number of rotatable bonds is 5. The van der Waals surface area contributed by atoms with E-state index in [0.29, 0.717) is 11.3 Å². The van der Waals surface area contributed by atoms with Crippen molar-refractivity contribution in [3.63, 3.8) is 0 Å². The largest absolute Gasteiger partial charge is 0.423 e. The lowest BCUT2D eigenvalue weighted by Gasteiger charge is -2.18. The summed E-state index contributed by atoms with van der Waals surface area (Å²) in [5.41, 5.74) is 5.96. The number of para-hydroxylation sites is 2. The van der Waals surface area contributed by atoms with Crippen molar-refractivity contribution >= 4 is 17.0 Å². The summed E-state index contributed by atoms with van der Waals surface area (Å²) in [6.07, 6.45) is 0. The van der Waals surface area contributed by atoms with Gasteiger partial charge in [0.05, 0.1) is 16.6 Å². The van der Waals surface area contributed by atoms with E-state index >= 15 is 0 Å². The summed E-state index contributed by atoms with van der Waals surface area (Å²) in [5.74, 6) is 1.02. The Labute approximate surface area is 205 Å². The van der Waals surface area contributed by atoms with E-state index in [4.69, 9.17) is 9.72 Å². The summed E-state index contributed by atoms with van der Waals surface area (Å²) in [5, 5.41) is 0. The summed E-state index contributed by atoms with van der Waals surface area (Å²) in [7, 11) is 0. The number of nitrogens with zero attached hydrogens (tertiary/aromatic N) is 2. The molecule has 5 aromatic rings. The van der Waals surface area contributed by atoms with Crippen molar-refractivity contribution in [3.05, 3.63) is 120 Å². The maximum Gasteiger partial charge on any atom is 0.343 e. The van der Waals surface area contributed by atoms with Crippen LogP contribution in [0.1, 0.15) is 42.3 Å². The van der Waals surface area contributed by atoms with E-state index in [1.807, 2.05) is 84.9 Å². The van der Waals surface area contributed by atoms with Gasteiger partial charge in [-0.2, -0.15) is 0 Å². The first-order valence-electron chi connectivity index (χ1n) is 11.8. The van der Waals surface area contributed by atoms with Crippen LogP contribution in [-0.2, 0) is 12.0 Å². The number of carbonyl (C=O) groups excluding carboxylic acids is 1. The molecule has 0 N–H and O–H groups in total. The summed E-state index contributed by atoms with van der Waals surface area (Å²) in [6, 6.07) is 33.7. The average molecular weight is 461 g/mol. The van der Waals surface area contributed by atoms with Crippen LogP contribution in [0.3, 0.4) is 0 Å². The topological polar surface area (TPSA) is 44.1 Å². The molecule has 1 aromatic heterocycles. The molecule has 35 heavy (non-hydrogen) atoms. The van der Waals surface area contributed by atoms with Gasteiger partial charge in [0, 0.05) is 12.1 Å². The molecule has 0 spiro atoms. The van der Waals surface area contributed by atoms with Gasteiger partial charge in [-0.25, -0.2) is 9.78 Å². The van der Waals surface area contributed by atoms with E-state index < -0.39 is 0 Å². The van der Waals surface area contributed by atoms with Gasteiger partial charge in [-0.15, -0.1) is 0 Å². The molecule has 5 rings (SSSR count). The molecule has 0 aliphatic heterocycles. The molecule has 174 valence electrons. The number of esters is 1. The van der Waals surface area contributed by atoms with Crippen LogP contribution in [0.2, 0.25) is 0 Å². The van der Waals surface area contributed by atoms with Crippen molar-refractivity contribution in [3.8, 4) is 17.1 Å². The van der Waals surface area contributed by atoms with Crippen molar-refractivity contribution in [2.24, 2.45) is 0 Å². The molecule has 0 radical (unpaired) electrons. The second-order valence-electron chi connectivity index (χ2n) is 9.74. The third kappa shape index (κ3) is 4.87. The molecule has 0 amide bonds. The average Bonchev–Trinajstić information content (AvgIpc) is 3.23. The van der Waals surface area contributed by atoms with Gasteiger partial charge in [0.25, 0.3) is 0 Å². The second-order valence-corrected chi connectivity index (χ2v) is 9.74. The van der Waals surface area contributed by atoms with Gasteiger partial charge >= 0.3 is 5.97 Å². The highest BCUT2D eigenvalue weighted by atomic mass is 16.5. The highest BCUT2D eigenvalue weighted by molar-refractivity contribution is 5.91. The first-order valence-corrected chi connectivity index (χ1v) is 11.8. The number of benzene rings is 4. The SMILES string of the molecule is CC(C)(C)c1ccc(C(=O)Oc2ccc(-c3nc4ccccc4n3Cc3ccccc3)cc2)cc1. The van der Waals surface area contributed by atoms with Crippen molar-refractivity contribution in [1.82, 2.24) is 9.55 Å². The Hall–Kier alpha value is -4.18. The van der Waals surface area contributed by atoms with Crippen molar-refractivity contribution in [2.45, 2.75) is 32.7 Å². The van der Waals surface area contributed by atoms with E-state index in [-0.39, 0.29) is 11.4 Å². The number of imidazole rings is 1. The number of hydrogen-bond donors (Lipinski definition) is 0. The number of ether oxygens (including phenoxy) is 1. The van der Waals surface area contributed by atoms with E-state index in [0.717, 1.165) is 29.0 Å². The van der Waals surface area contributed by atoms with Crippen molar-refractivity contribution in [2.75, 3.05) is 0 Å². The minimum Gasteiger partial charge on any atom is -0.423 e. The first kappa shape index (κ1) is 22.6. The van der Waals surface area contributed by atoms with E-state index in [1.165, 1.54) is 11.1 Å². The molecule has 0 aliphatic rings. The normalized spacial score (nSPS) is 11.5. The Morgan fingerprint density at radius 3 is 2.14 bits per heavy atom. The zero-order valence-electron chi connectivity index (χ0n) is 20.2. The molecule has 4 heteroatoms. The predicted molar refractivity (Wildman–Crippen MR) is 141 cm³/mol. The molecular weight excluding hydrogens is 432 g/mol. The molecule has 1 heterocycles. The molecule has 0 atom stereocenters. The quantitative estimate of drug-likeness (QED) is 0.205. The maximum absolute atomic E-state index is 12.7. The number of hydrogen-bond acceptors (Lipinski definition) is 3. The molecule has 4 aromatic carbocycles. The lowest BCUT2D eigenvalue weighted by atomic mass is 9.87. The van der Waals surface area contributed by atoms with Crippen molar-refractivity contribution in [1.29, 1.82) is 0 Å². The maximum atomic E-state index is 12.7. The van der Waals surface area contributed by atoms with Gasteiger partial charge < -0.3 is 9.30 Å². The Morgan fingerprint density at radius 2 is 1.46 bits per heavy atom. The second kappa shape index (κ2) is 9.22. The van der Waals surface area contributed by atoms with Crippen molar-refractivity contribution < 1.29 is 9.53 Å². The van der Waals surface area contributed by atoms with Crippen LogP contribution < -0.4 is 4.74 Å². The smallest absolute Gasteiger partial charge is 0.343 e. The van der Waals surface area contributed by atoms with Gasteiger partial charge in [0.15, 0.2) is 0 Å². The third-order valence-electron chi connectivity index (χ3n) is 6.15. The van der Waals surface area contributed by atoms with Gasteiger partial charge in [0.1, 0.15) is 11.6 Å². The van der Waals surface area contributed by atoms with E-state index in [2.05, 4.69) is 43.5 Å². The molecule has 0 bridgehead atoms. The minimum atomic E-state index is -0.366. The van der Waals surface area contributed by atoms with Gasteiger partial charge in [-0.05, 0) is 65.1 Å². The van der Waals surface area contributed by atoms with Crippen LogP contribution in [0, 0.1) is 0 Å². The third-order valence-corrected chi connectivity index (χ3v) is 6.15. The lowest BCUT2D eigenvalue weighted by molar-refractivity contribution is 0.0734. The molecule has 0 fully saturated rings. The Morgan fingerprint density at radius 1 is 0.800 bits per heavy atom. The Bertz CT molecular complexity index is 1460. The highest BCUT2D eigenvalue weighted by Crippen LogP contribution is 2.28. The molecule has 4 nitrogen and oxygen atoms in total. The molecule has 0 saturated heterocycles. The summed E-state index contributed by atoms with van der Waals surface area (Å²) >= 11 is 0. The summed E-state index contributed by atoms with van der Waals surface area (Å²) in [6.45, 7) is 7.17. The van der Waals surface area contributed by atoms with Gasteiger partial charge in [-0.1, -0.05) is 75.4 Å². The zero-order valence-corrected chi connectivity index (χ0v) is 20.2. The summed E-state index contributed by atoms with van der Waals surface area (Å²) in [4.78, 5) is 17.6. The predicted octanol–water partition coefficient (Wildman–Crippen LogP) is 7.27. The van der Waals surface area contributed by atoms with Crippen LogP contribution in [0.5, 0.6) is 5.75 Å². The molecule has 0 saturated carbocycles. The van der Waals surface area contributed by atoms with E-state index in [9.17, 15) is 4.79 Å². The summed E-state index contributed by atoms with van der Waals surface area (Å²) < 4.78 is 7.86. The van der Waals surface area contributed by atoms with Gasteiger partial charge in [0.2, 0.25) is 0 Å². The fourth-order valence-electron chi connectivity index (χ4n) is 4.17. The fraction of sp³-hybridized carbons (Fsp3) is 0.161. The van der Waals surface area contributed by atoms with Crippen LogP contribution >= 0.6 is 0 Å². The van der Waals surface area contributed by atoms with Crippen LogP contribution in [-0.4, -0.2) is 15.5 Å². The van der Waals surface area contributed by atoms with Crippen LogP contribution in [0.25, 0.3) is 22.4 Å². The standard InChI is InChI=1S/C31H28N2O2/c1-31(2,3)25-17-13-24(14-18-25)30(34)35-26-19-15-23(16-20-26)29-32-27-11-7-8-12-28(27)33(29)21-22-9-5-4-6-10-22/h4-20H,21H2,1-3H3. The lowest BCUT2D eigenvalue weighted by Crippen LogP contribution is -2.12. The first-order chi connectivity index (χ1) is 16.9. The Balaban J connectivity index is 1.39. The monoisotopic (exact) mass is 460 g/mol. The number of aromatic nitrogens is 2. The minimum absolute atomic E-state index is 0.0370. The molecule has 0 aliphatic carbocycles.